The van der Waals surface area contributed by atoms with Crippen LogP contribution in [0.25, 0.3) is 0 Å². The Morgan fingerprint density at radius 3 is 1.16 bits per heavy atom. The van der Waals surface area contributed by atoms with Gasteiger partial charge in [-0.05, 0) is 59.7 Å². The molecule has 0 heterocycles. The first kappa shape index (κ1) is 32.2. The average molecular weight is 605 g/mol. The van der Waals surface area contributed by atoms with Crippen LogP contribution in [0.1, 0.15) is 66.4 Å². The highest BCUT2D eigenvalue weighted by Gasteiger charge is 2.25. The van der Waals surface area contributed by atoms with Crippen LogP contribution in [0.3, 0.4) is 0 Å². The fourth-order valence-electron chi connectivity index (χ4n) is 4.47. The Balaban J connectivity index is 1.44. The zero-order chi connectivity index (χ0) is 32.4. The Bertz CT molecular complexity index is 1590. The molecule has 45 heavy (non-hydrogen) atoms. The van der Waals surface area contributed by atoms with Crippen LogP contribution in [0.15, 0.2) is 122 Å². The molecule has 4 aromatic carbocycles. The summed E-state index contributed by atoms with van der Waals surface area (Å²) in [7, 11) is 0. The van der Waals surface area contributed by atoms with Crippen LogP contribution < -0.4 is 9.47 Å². The van der Waals surface area contributed by atoms with Gasteiger partial charge in [0, 0.05) is 5.41 Å². The summed E-state index contributed by atoms with van der Waals surface area (Å²) >= 11 is 0. The number of benzene rings is 4. The van der Waals surface area contributed by atoms with E-state index in [0.29, 0.717) is 11.5 Å². The van der Waals surface area contributed by atoms with Gasteiger partial charge in [-0.25, -0.2) is 19.2 Å². The second kappa shape index (κ2) is 14.6. The van der Waals surface area contributed by atoms with Gasteiger partial charge in [-0.15, -0.1) is 0 Å². The summed E-state index contributed by atoms with van der Waals surface area (Å²) in [5.74, 6) is -2.04. The Morgan fingerprint density at radius 1 is 0.533 bits per heavy atom. The van der Waals surface area contributed by atoms with Crippen molar-refractivity contribution in [1.29, 1.82) is 0 Å². The molecular weight excluding hydrogens is 572 g/mol. The standard InChI is InChI=1S/C37H32O8/c1-5-23-42-33(38)29-11-7-9-13-31(29)35(40)44-27-19-15-25(16-20-27)37(3,4)26-17-21-28(22-18-26)45-36(41)32-14-10-8-12-30(32)34(39)43-24-6-2/h5-22H,1-2,23-24H2,3-4H3. The molecule has 228 valence electrons. The van der Waals surface area contributed by atoms with Crippen LogP contribution in [0.2, 0.25) is 0 Å². The molecule has 0 saturated carbocycles. The van der Waals surface area contributed by atoms with Crippen LogP contribution in [0.5, 0.6) is 11.5 Å². The smallest absolute Gasteiger partial charge is 0.344 e. The summed E-state index contributed by atoms with van der Waals surface area (Å²) in [6, 6.07) is 26.7. The molecule has 0 bridgehead atoms. The molecule has 4 rings (SSSR count). The van der Waals surface area contributed by atoms with Crippen LogP contribution in [0.4, 0.5) is 0 Å². The van der Waals surface area contributed by atoms with Gasteiger partial charge in [0.2, 0.25) is 0 Å². The largest absolute Gasteiger partial charge is 0.458 e. The van der Waals surface area contributed by atoms with E-state index >= 15 is 0 Å². The number of ether oxygens (including phenoxy) is 4. The van der Waals surface area contributed by atoms with Gasteiger partial charge in [0.1, 0.15) is 24.7 Å². The second-order valence-electron chi connectivity index (χ2n) is 10.3. The van der Waals surface area contributed by atoms with E-state index in [1.54, 1.807) is 48.5 Å². The Hall–Kier alpha value is -5.76. The fraction of sp³-hybridized carbons (Fsp3) is 0.135. The molecule has 0 aliphatic rings. The first-order valence-electron chi connectivity index (χ1n) is 14.0. The maximum atomic E-state index is 12.9. The molecular formula is C37H32O8. The molecule has 0 aliphatic carbocycles. The SMILES string of the molecule is C=CCOC(=O)c1ccccc1C(=O)Oc1ccc(C(C)(C)c2ccc(OC(=O)c3ccccc3C(=O)OCC=C)cc2)cc1. The van der Waals surface area contributed by atoms with Crippen molar-refractivity contribution in [2.24, 2.45) is 0 Å². The number of hydrogen-bond acceptors (Lipinski definition) is 8. The minimum Gasteiger partial charge on any atom is -0.458 e. The Labute approximate surface area is 261 Å². The fourth-order valence-corrected chi connectivity index (χ4v) is 4.47. The lowest BCUT2D eigenvalue weighted by molar-refractivity contribution is 0.0534. The molecule has 0 spiro atoms. The van der Waals surface area contributed by atoms with E-state index in [1.165, 1.54) is 36.4 Å². The lowest BCUT2D eigenvalue weighted by atomic mass is 9.78. The number of carbonyl (C=O) groups excluding carboxylic acids is 4. The molecule has 0 fully saturated rings. The molecule has 0 N–H and O–H groups in total. The Morgan fingerprint density at radius 2 is 0.844 bits per heavy atom. The second-order valence-corrected chi connectivity index (χ2v) is 10.3. The minimum absolute atomic E-state index is 0.0244. The van der Waals surface area contributed by atoms with Gasteiger partial charge in [-0.3, -0.25) is 0 Å². The lowest BCUT2D eigenvalue weighted by Gasteiger charge is -2.26. The summed E-state index contributed by atoms with van der Waals surface area (Å²) in [5.41, 5.74) is 1.80. The zero-order valence-electron chi connectivity index (χ0n) is 25.0. The number of esters is 4. The number of carbonyl (C=O) groups is 4. The lowest BCUT2D eigenvalue weighted by Crippen LogP contribution is -2.19. The average Bonchev–Trinajstić information content (AvgIpc) is 3.06. The van der Waals surface area contributed by atoms with E-state index in [4.69, 9.17) is 18.9 Å². The van der Waals surface area contributed by atoms with Crippen LogP contribution in [0, 0.1) is 0 Å². The molecule has 0 saturated heterocycles. The maximum absolute atomic E-state index is 12.9. The molecule has 0 unspecified atom stereocenters. The maximum Gasteiger partial charge on any atom is 0.344 e. The summed E-state index contributed by atoms with van der Waals surface area (Å²) in [5, 5.41) is 0. The van der Waals surface area contributed by atoms with Crippen molar-refractivity contribution in [2.75, 3.05) is 13.2 Å². The molecule has 0 radical (unpaired) electrons. The molecule has 0 amide bonds. The first-order valence-corrected chi connectivity index (χ1v) is 14.0. The van der Waals surface area contributed by atoms with E-state index in [2.05, 4.69) is 13.2 Å². The third-order valence-electron chi connectivity index (χ3n) is 6.97. The monoisotopic (exact) mass is 604 g/mol. The van der Waals surface area contributed by atoms with Crippen LogP contribution in [-0.2, 0) is 14.9 Å². The predicted octanol–water partition coefficient (Wildman–Crippen LogP) is 7.14. The van der Waals surface area contributed by atoms with Gasteiger partial charge < -0.3 is 18.9 Å². The third kappa shape index (κ3) is 7.80. The predicted molar refractivity (Wildman–Crippen MR) is 169 cm³/mol. The van der Waals surface area contributed by atoms with Crippen molar-refractivity contribution in [2.45, 2.75) is 19.3 Å². The van der Waals surface area contributed by atoms with E-state index in [0.717, 1.165) is 11.1 Å². The van der Waals surface area contributed by atoms with Gasteiger partial charge in [0.25, 0.3) is 0 Å². The molecule has 0 atom stereocenters. The zero-order valence-corrected chi connectivity index (χ0v) is 25.0. The number of rotatable bonds is 12. The van der Waals surface area contributed by atoms with E-state index in [1.807, 2.05) is 38.1 Å². The molecule has 0 aliphatic heterocycles. The van der Waals surface area contributed by atoms with Crippen molar-refractivity contribution in [3.63, 3.8) is 0 Å². The summed E-state index contributed by atoms with van der Waals surface area (Å²) in [6.07, 6.45) is 2.89. The molecule has 0 aromatic heterocycles. The molecule has 4 aromatic rings. The third-order valence-corrected chi connectivity index (χ3v) is 6.97. The van der Waals surface area contributed by atoms with Gasteiger partial charge in [-0.1, -0.05) is 87.7 Å². The summed E-state index contributed by atoms with van der Waals surface area (Å²) in [4.78, 5) is 50.5. The normalized spacial score (nSPS) is 10.7. The van der Waals surface area contributed by atoms with Gasteiger partial charge in [-0.2, -0.15) is 0 Å². The minimum atomic E-state index is -0.686. The molecule has 8 heteroatoms. The highest BCUT2D eigenvalue weighted by Crippen LogP contribution is 2.33. The van der Waals surface area contributed by atoms with Crippen LogP contribution >= 0.6 is 0 Å². The van der Waals surface area contributed by atoms with Crippen molar-refractivity contribution >= 4 is 23.9 Å². The van der Waals surface area contributed by atoms with Crippen molar-refractivity contribution in [1.82, 2.24) is 0 Å². The first-order chi connectivity index (χ1) is 21.6. The number of hydrogen-bond donors (Lipinski definition) is 0. The van der Waals surface area contributed by atoms with Gasteiger partial charge in [0.05, 0.1) is 22.3 Å². The van der Waals surface area contributed by atoms with Crippen LogP contribution in [-0.4, -0.2) is 37.1 Å². The topological polar surface area (TPSA) is 105 Å². The van der Waals surface area contributed by atoms with Crippen molar-refractivity contribution in [3.05, 3.63) is 156 Å². The Kier molecular flexibility index (Phi) is 10.4. The van der Waals surface area contributed by atoms with E-state index in [-0.39, 0.29) is 35.5 Å². The van der Waals surface area contributed by atoms with E-state index < -0.39 is 29.3 Å². The van der Waals surface area contributed by atoms with E-state index in [9.17, 15) is 19.2 Å². The molecule has 8 nitrogen and oxygen atoms in total. The van der Waals surface area contributed by atoms with Crippen molar-refractivity contribution < 1.29 is 38.1 Å². The van der Waals surface area contributed by atoms with Gasteiger partial charge >= 0.3 is 23.9 Å². The van der Waals surface area contributed by atoms with Crippen molar-refractivity contribution in [3.8, 4) is 11.5 Å². The summed E-state index contributed by atoms with van der Waals surface area (Å²) in [6.45, 7) is 11.2. The van der Waals surface area contributed by atoms with Gasteiger partial charge in [0.15, 0.2) is 0 Å². The highest BCUT2D eigenvalue weighted by molar-refractivity contribution is 6.04. The summed E-state index contributed by atoms with van der Waals surface area (Å²) < 4.78 is 21.3. The quantitative estimate of drug-likeness (QED) is 0.0955. The highest BCUT2D eigenvalue weighted by atomic mass is 16.5.